The van der Waals surface area contributed by atoms with Gasteiger partial charge >= 0.3 is 0 Å². The maximum Gasteiger partial charge on any atom is 0.266 e. The summed E-state index contributed by atoms with van der Waals surface area (Å²) < 4.78 is 3.10. The lowest BCUT2D eigenvalue weighted by Gasteiger charge is -2.12. The summed E-state index contributed by atoms with van der Waals surface area (Å²) in [6.45, 7) is 12.3. The number of nitrogens with zero attached hydrogens (tertiary/aromatic N) is 2. The Morgan fingerprint density at radius 1 is 1.17 bits per heavy atom. The van der Waals surface area contributed by atoms with E-state index in [1.807, 2.05) is 45.4 Å². The van der Waals surface area contributed by atoms with E-state index in [0.29, 0.717) is 15.7 Å². The lowest BCUT2D eigenvalue weighted by atomic mass is 9.91. The van der Waals surface area contributed by atoms with Crippen LogP contribution in [0.1, 0.15) is 48.8 Å². The fourth-order valence-electron chi connectivity index (χ4n) is 2.93. The van der Waals surface area contributed by atoms with Gasteiger partial charge in [0.2, 0.25) is 0 Å². The number of aromatic amines is 1. The van der Waals surface area contributed by atoms with E-state index in [0.717, 1.165) is 17.0 Å². The number of carbonyl (C=O) groups is 1. The molecule has 0 spiro atoms. The van der Waals surface area contributed by atoms with E-state index < -0.39 is 5.41 Å². The van der Waals surface area contributed by atoms with Crippen molar-refractivity contribution in [3.63, 3.8) is 0 Å². The Morgan fingerprint density at radius 3 is 2.45 bits per heavy atom. The molecular formula is C23H27N3O2S. The summed E-state index contributed by atoms with van der Waals surface area (Å²) in [6, 6.07) is 8.40. The van der Waals surface area contributed by atoms with Crippen molar-refractivity contribution in [1.29, 1.82) is 0 Å². The van der Waals surface area contributed by atoms with Crippen molar-refractivity contribution in [2.75, 3.05) is 0 Å². The number of Topliss-reactive ketones (excluding diaryl/α,β-unsaturated/α-hetero) is 1. The average Bonchev–Trinajstić information content (AvgIpc) is 3.10. The van der Waals surface area contributed by atoms with E-state index in [4.69, 9.17) is 0 Å². The number of carbonyl (C=O) groups excluding carboxylic acids is 1. The summed E-state index contributed by atoms with van der Waals surface area (Å²) in [6.07, 6.45) is 3.38. The summed E-state index contributed by atoms with van der Waals surface area (Å²) >= 11 is 1.29. The van der Waals surface area contributed by atoms with Gasteiger partial charge in [-0.05, 0) is 32.4 Å². The van der Waals surface area contributed by atoms with Crippen LogP contribution in [-0.4, -0.2) is 20.5 Å². The molecule has 0 saturated heterocycles. The minimum absolute atomic E-state index is 0.0140. The number of benzene rings is 1. The van der Waals surface area contributed by atoms with E-state index >= 15 is 0 Å². The summed E-state index contributed by atoms with van der Waals surface area (Å²) in [5, 5.41) is 4.66. The first-order valence-corrected chi connectivity index (χ1v) is 10.4. The minimum Gasteiger partial charge on any atom is -0.313 e. The molecule has 6 heteroatoms. The first kappa shape index (κ1) is 21.0. The molecule has 5 nitrogen and oxygen atoms in total. The summed E-state index contributed by atoms with van der Waals surface area (Å²) in [7, 11) is 0. The van der Waals surface area contributed by atoms with Crippen LogP contribution in [0.2, 0.25) is 0 Å². The number of rotatable bonds is 4. The van der Waals surface area contributed by atoms with Gasteiger partial charge in [-0.1, -0.05) is 50.6 Å². The number of nitrogens with one attached hydrogen (secondary N) is 1. The average molecular weight is 410 g/mol. The standard InChI is InChI=1S/C23H27N3O2S/c1-14-7-9-17(10-8-14)13-26-16(3)18(15(2)25-26)11-19-22(28)24-21(29-19)12-20(27)23(4,5)6/h7-12H,13H2,1-6H3,(H,24,28)/b19-11?,21-12-. The molecule has 0 radical (unpaired) electrons. The molecule has 2 heterocycles. The number of thiazole rings is 1. The molecule has 29 heavy (non-hydrogen) atoms. The quantitative estimate of drug-likeness (QED) is 0.721. The van der Waals surface area contributed by atoms with Crippen molar-refractivity contribution in [2.24, 2.45) is 5.41 Å². The highest BCUT2D eigenvalue weighted by Crippen LogP contribution is 2.16. The third kappa shape index (κ3) is 4.82. The zero-order valence-corrected chi connectivity index (χ0v) is 18.6. The molecule has 1 N–H and O–H groups in total. The molecule has 152 valence electrons. The van der Waals surface area contributed by atoms with Crippen molar-refractivity contribution in [3.8, 4) is 0 Å². The van der Waals surface area contributed by atoms with Gasteiger partial charge in [-0.3, -0.25) is 14.3 Å². The minimum atomic E-state index is -0.477. The Morgan fingerprint density at radius 2 is 1.83 bits per heavy atom. The zero-order chi connectivity index (χ0) is 21.3. The molecule has 0 aliphatic rings. The predicted octanol–water partition coefficient (Wildman–Crippen LogP) is 2.83. The Bertz CT molecular complexity index is 1220. The monoisotopic (exact) mass is 409 g/mol. The van der Waals surface area contributed by atoms with Gasteiger partial charge < -0.3 is 4.98 Å². The van der Waals surface area contributed by atoms with Gasteiger partial charge in [0.25, 0.3) is 5.56 Å². The van der Waals surface area contributed by atoms with Crippen LogP contribution in [-0.2, 0) is 11.3 Å². The number of H-pyrrole nitrogens is 1. The van der Waals surface area contributed by atoms with Crippen molar-refractivity contribution in [2.45, 2.75) is 48.1 Å². The second-order valence-electron chi connectivity index (χ2n) is 8.42. The van der Waals surface area contributed by atoms with Crippen molar-refractivity contribution in [1.82, 2.24) is 14.8 Å². The maximum absolute atomic E-state index is 12.4. The van der Waals surface area contributed by atoms with Crippen LogP contribution in [0.3, 0.4) is 0 Å². The topological polar surface area (TPSA) is 67.8 Å². The summed E-state index contributed by atoms with van der Waals surface area (Å²) in [4.78, 5) is 27.4. The number of ketones is 1. The van der Waals surface area contributed by atoms with Crippen LogP contribution in [0.5, 0.6) is 0 Å². The van der Waals surface area contributed by atoms with Gasteiger partial charge in [0.05, 0.1) is 21.4 Å². The third-order valence-corrected chi connectivity index (χ3v) is 5.81. The van der Waals surface area contributed by atoms with Gasteiger partial charge in [0.15, 0.2) is 5.78 Å². The molecule has 0 unspecified atom stereocenters. The third-order valence-electron chi connectivity index (χ3n) is 4.85. The van der Waals surface area contributed by atoms with Crippen LogP contribution in [0, 0.1) is 26.2 Å². The molecule has 0 amide bonds. The van der Waals surface area contributed by atoms with Crippen molar-refractivity contribution < 1.29 is 4.79 Å². The predicted molar refractivity (Wildman–Crippen MR) is 119 cm³/mol. The Hall–Kier alpha value is -2.73. The lowest BCUT2D eigenvalue weighted by Crippen LogP contribution is -2.22. The molecule has 2 aromatic heterocycles. The van der Waals surface area contributed by atoms with Crippen LogP contribution in [0.25, 0.3) is 12.2 Å². The smallest absolute Gasteiger partial charge is 0.266 e. The van der Waals surface area contributed by atoms with Gasteiger partial charge in [-0.25, -0.2) is 0 Å². The van der Waals surface area contributed by atoms with Gasteiger partial charge in [0.1, 0.15) is 0 Å². The van der Waals surface area contributed by atoms with Gasteiger partial charge in [0, 0.05) is 22.7 Å². The van der Waals surface area contributed by atoms with Crippen molar-refractivity contribution in [3.05, 3.63) is 71.9 Å². The van der Waals surface area contributed by atoms with E-state index in [2.05, 4.69) is 41.3 Å². The van der Waals surface area contributed by atoms with E-state index in [9.17, 15) is 9.59 Å². The zero-order valence-electron chi connectivity index (χ0n) is 17.8. The van der Waals surface area contributed by atoms with E-state index in [1.54, 1.807) is 0 Å². The number of hydrogen-bond acceptors (Lipinski definition) is 4. The first-order valence-electron chi connectivity index (χ1n) is 9.61. The number of aromatic nitrogens is 3. The SMILES string of the molecule is Cc1ccc(Cn2nc(C)c(C=c3s/c(=C\C(=O)C(C)(C)C)[nH]c3=O)c2C)cc1. The highest BCUT2D eigenvalue weighted by atomic mass is 32.1. The van der Waals surface area contributed by atoms with Crippen LogP contribution < -0.4 is 14.8 Å². The summed E-state index contributed by atoms with van der Waals surface area (Å²) in [5.41, 5.74) is 4.57. The molecule has 3 rings (SSSR count). The van der Waals surface area contributed by atoms with E-state index in [-0.39, 0.29) is 11.3 Å². The molecule has 1 aromatic carbocycles. The fraction of sp³-hybridized carbons (Fsp3) is 0.348. The normalized spacial score (nSPS) is 13.3. The molecular weight excluding hydrogens is 382 g/mol. The molecule has 0 atom stereocenters. The Kier molecular flexibility index (Phi) is 5.75. The van der Waals surface area contributed by atoms with Gasteiger partial charge in [-0.15, -0.1) is 11.3 Å². The highest BCUT2D eigenvalue weighted by Gasteiger charge is 2.18. The molecule has 0 saturated carbocycles. The number of aryl methyl sites for hydroxylation is 2. The van der Waals surface area contributed by atoms with Crippen LogP contribution in [0.4, 0.5) is 0 Å². The van der Waals surface area contributed by atoms with Crippen LogP contribution in [0.15, 0.2) is 29.1 Å². The van der Waals surface area contributed by atoms with Crippen LogP contribution >= 0.6 is 11.3 Å². The Balaban J connectivity index is 1.98. The van der Waals surface area contributed by atoms with E-state index in [1.165, 1.54) is 28.5 Å². The molecule has 0 fully saturated rings. The summed E-state index contributed by atoms with van der Waals surface area (Å²) in [5.74, 6) is -0.0140. The largest absolute Gasteiger partial charge is 0.313 e. The van der Waals surface area contributed by atoms with Crippen molar-refractivity contribution >= 4 is 29.3 Å². The molecule has 0 aliphatic carbocycles. The lowest BCUT2D eigenvalue weighted by molar-refractivity contribution is -0.119. The van der Waals surface area contributed by atoms with Gasteiger partial charge in [-0.2, -0.15) is 5.10 Å². The second-order valence-corrected chi connectivity index (χ2v) is 9.50. The fourth-order valence-corrected chi connectivity index (χ4v) is 3.80. The number of hydrogen-bond donors (Lipinski definition) is 1. The molecule has 3 aromatic rings. The first-order chi connectivity index (χ1) is 13.5. The Labute approximate surface area is 174 Å². The highest BCUT2D eigenvalue weighted by molar-refractivity contribution is 7.07. The second kappa shape index (κ2) is 7.95. The molecule has 0 bridgehead atoms. The molecule has 0 aliphatic heterocycles. The maximum atomic E-state index is 12.4.